The van der Waals surface area contributed by atoms with Gasteiger partial charge in [0.05, 0.1) is 18.8 Å². The number of esters is 1. The highest BCUT2D eigenvalue weighted by atomic mass is 16.5. The van der Waals surface area contributed by atoms with E-state index in [1.54, 1.807) is 7.11 Å². The van der Waals surface area contributed by atoms with Crippen LogP contribution in [-0.4, -0.2) is 44.3 Å². The summed E-state index contributed by atoms with van der Waals surface area (Å²) >= 11 is 0. The van der Waals surface area contributed by atoms with Gasteiger partial charge in [-0.2, -0.15) is 0 Å². The topological polar surface area (TPSA) is 38.8 Å². The number of hydrogen-bond donors (Lipinski definition) is 0. The predicted molar refractivity (Wildman–Crippen MR) is 73.1 cm³/mol. The molecule has 0 amide bonds. The summed E-state index contributed by atoms with van der Waals surface area (Å²) in [5, 5.41) is 0. The van der Waals surface area contributed by atoms with Crippen molar-refractivity contribution in [3.8, 4) is 0 Å². The fourth-order valence-corrected chi connectivity index (χ4v) is 2.43. The Morgan fingerprint density at radius 2 is 1.84 bits per heavy atom. The van der Waals surface area contributed by atoms with Crippen molar-refractivity contribution >= 4 is 5.97 Å². The lowest BCUT2D eigenvalue weighted by Crippen LogP contribution is -2.36. The zero-order valence-corrected chi connectivity index (χ0v) is 11.6. The molecule has 0 N–H and O–H groups in total. The number of rotatable bonds is 4. The van der Waals surface area contributed by atoms with E-state index in [1.165, 1.54) is 12.7 Å². The molecule has 1 heterocycles. The molecule has 0 unspecified atom stereocenters. The Morgan fingerprint density at radius 1 is 1.21 bits per heavy atom. The highest BCUT2D eigenvalue weighted by Gasteiger charge is 2.18. The van der Waals surface area contributed by atoms with Gasteiger partial charge in [0, 0.05) is 26.7 Å². The number of carbonyl (C=O) groups is 1. The molecule has 19 heavy (non-hydrogen) atoms. The van der Waals surface area contributed by atoms with Gasteiger partial charge in [0.2, 0.25) is 0 Å². The Hall–Kier alpha value is -1.39. The first-order valence-electron chi connectivity index (χ1n) is 6.65. The van der Waals surface area contributed by atoms with Crippen LogP contribution >= 0.6 is 0 Å². The highest BCUT2D eigenvalue weighted by Crippen LogP contribution is 2.16. The SMILES string of the molecule is COC(=O)c1ccc(CN2CCC(OC)CC2)cc1. The minimum absolute atomic E-state index is 0.285. The molecule has 1 aromatic rings. The summed E-state index contributed by atoms with van der Waals surface area (Å²) in [6.07, 6.45) is 2.60. The van der Waals surface area contributed by atoms with Gasteiger partial charge in [-0.05, 0) is 30.5 Å². The summed E-state index contributed by atoms with van der Waals surface area (Å²) in [5.41, 5.74) is 1.83. The lowest BCUT2D eigenvalue weighted by Gasteiger charge is -2.31. The second kappa shape index (κ2) is 6.68. The molecule has 1 saturated heterocycles. The normalized spacial score (nSPS) is 17.4. The number of carbonyl (C=O) groups excluding carboxylic acids is 1. The van der Waals surface area contributed by atoms with Gasteiger partial charge < -0.3 is 9.47 Å². The van der Waals surface area contributed by atoms with Gasteiger partial charge in [0.25, 0.3) is 0 Å². The van der Waals surface area contributed by atoms with Crippen molar-refractivity contribution in [3.05, 3.63) is 35.4 Å². The van der Waals surface area contributed by atoms with Crippen LogP contribution in [0.2, 0.25) is 0 Å². The van der Waals surface area contributed by atoms with E-state index in [9.17, 15) is 4.79 Å². The molecule has 0 spiro atoms. The average Bonchev–Trinajstić information content (AvgIpc) is 2.48. The largest absolute Gasteiger partial charge is 0.465 e. The van der Waals surface area contributed by atoms with E-state index in [0.29, 0.717) is 11.7 Å². The number of ether oxygens (including phenoxy) is 2. The van der Waals surface area contributed by atoms with Gasteiger partial charge in [-0.15, -0.1) is 0 Å². The van der Waals surface area contributed by atoms with Crippen LogP contribution in [0.15, 0.2) is 24.3 Å². The number of likely N-dealkylation sites (tertiary alicyclic amines) is 1. The van der Waals surface area contributed by atoms with Gasteiger partial charge in [-0.1, -0.05) is 12.1 Å². The van der Waals surface area contributed by atoms with E-state index in [-0.39, 0.29) is 5.97 Å². The van der Waals surface area contributed by atoms with Gasteiger partial charge in [0.1, 0.15) is 0 Å². The molecular weight excluding hydrogens is 242 g/mol. The van der Waals surface area contributed by atoms with E-state index in [1.807, 2.05) is 24.3 Å². The number of piperidine rings is 1. The van der Waals surface area contributed by atoms with Crippen molar-refractivity contribution in [3.63, 3.8) is 0 Å². The third-order valence-electron chi connectivity index (χ3n) is 3.65. The third-order valence-corrected chi connectivity index (χ3v) is 3.65. The molecular formula is C15H21NO3. The number of hydrogen-bond acceptors (Lipinski definition) is 4. The Bertz CT molecular complexity index is 408. The second-order valence-electron chi connectivity index (χ2n) is 4.90. The van der Waals surface area contributed by atoms with Gasteiger partial charge >= 0.3 is 5.97 Å². The second-order valence-corrected chi connectivity index (χ2v) is 4.90. The molecule has 1 fully saturated rings. The Balaban J connectivity index is 1.88. The molecule has 1 aromatic carbocycles. The first-order valence-corrected chi connectivity index (χ1v) is 6.65. The molecule has 0 saturated carbocycles. The summed E-state index contributed by atoms with van der Waals surface area (Å²) in [5.74, 6) is -0.285. The van der Waals surface area contributed by atoms with Crippen LogP contribution in [-0.2, 0) is 16.0 Å². The molecule has 2 rings (SSSR count). The lowest BCUT2D eigenvalue weighted by molar-refractivity contribution is 0.0388. The minimum Gasteiger partial charge on any atom is -0.465 e. The zero-order valence-electron chi connectivity index (χ0n) is 11.6. The first kappa shape index (κ1) is 14.0. The average molecular weight is 263 g/mol. The molecule has 1 aliphatic rings. The van der Waals surface area contributed by atoms with Crippen LogP contribution in [0, 0.1) is 0 Å². The molecule has 4 nitrogen and oxygen atoms in total. The Labute approximate surface area is 114 Å². The van der Waals surface area contributed by atoms with E-state index < -0.39 is 0 Å². The van der Waals surface area contributed by atoms with Crippen molar-refractivity contribution in [2.24, 2.45) is 0 Å². The van der Waals surface area contributed by atoms with Crippen molar-refractivity contribution in [1.29, 1.82) is 0 Å². The first-order chi connectivity index (χ1) is 9.22. The van der Waals surface area contributed by atoms with Crippen molar-refractivity contribution in [2.75, 3.05) is 27.3 Å². The van der Waals surface area contributed by atoms with Crippen LogP contribution in [0.4, 0.5) is 0 Å². The molecule has 0 aliphatic carbocycles. The number of methoxy groups -OCH3 is 2. The van der Waals surface area contributed by atoms with Crippen LogP contribution in [0.3, 0.4) is 0 Å². The van der Waals surface area contributed by atoms with Crippen LogP contribution in [0.1, 0.15) is 28.8 Å². The van der Waals surface area contributed by atoms with E-state index in [0.717, 1.165) is 32.5 Å². The standard InChI is InChI=1S/C15H21NO3/c1-18-14-7-9-16(10-8-14)11-12-3-5-13(6-4-12)15(17)19-2/h3-6,14H,7-11H2,1-2H3. The summed E-state index contributed by atoms with van der Waals surface area (Å²) in [7, 11) is 3.18. The molecule has 4 heteroatoms. The zero-order chi connectivity index (χ0) is 13.7. The lowest BCUT2D eigenvalue weighted by atomic mass is 10.1. The van der Waals surface area contributed by atoms with Gasteiger partial charge in [-0.3, -0.25) is 4.90 Å². The number of nitrogens with zero attached hydrogens (tertiary/aromatic N) is 1. The molecule has 1 aliphatic heterocycles. The number of benzene rings is 1. The maximum absolute atomic E-state index is 11.3. The van der Waals surface area contributed by atoms with Gasteiger partial charge in [-0.25, -0.2) is 4.79 Å². The molecule has 0 atom stereocenters. The van der Waals surface area contributed by atoms with Crippen molar-refractivity contribution in [2.45, 2.75) is 25.5 Å². The van der Waals surface area contributed by atoms with Crippen LogP contribution in [0.25, 0.3) is 0 Å². The fourth-order valence-electron chi connectivity index (χ4n) is 2.43. The van der Waals surface area contributed by atoms with E-state index in [2.05, 4.69) is 9.64 Å². The van der Waals surface area contributed by atoms with Crippen LogP contribution < -0.4 is 0 Å². The van der Waals surface area contributed by atoms with Gasteiger partial charge in [0.15, 0.2) is 0 Å². The third kappa shape index (κ3) is 3.78. The van der Waals surface area contributed by atoms with Crippen molar-refractivity contribution in [1.82, 2.24) is 4.90 Å². The maximum atomic E-state index is 11.3. The minimum atomic E-state index is -0.285. The van der Waals surface area contributed by atoms with Crippen LogP contribution in [0.5, 0.6) is 0 Å². The Morgan fingerprint density at radius 3 is 2.37 bits per heavy atom. The molecule has 0 aromatic heterocycles. The van der Waals surface area contributed by atoms with E-state index >= 15 is 0 Å². The summed E-state index contributed by atoms with van der Waals surface area (Å²) in [4.78, 5) is 13.8. The fraction of sp³-hybridized carbons (Fsp3) is 0.533. The smallest absolute Gasteiger partial charge is 0.337 e. The molecule has 104 valence electrons. The summed E-state index contributed by atoms with van der Waals surface area (Å²) in [6, 6.07) is 7.63. The summed E-state index contributed by atoms with van der Waals surface area (Å²) < 4.78 is 10.1. The summed E-state index contributed by atoms with van der Waals surface area (Å²) in [6.45, 7) is 3.06. The maximum Gasteiger partial charge on any atom is 0.337 e. The Kier molecular flexibility index (Phi) is 4.93. The highest BCUT2D eigenvalue weighted by molar-refractivity contribution is 5.89. The predicted octanol–water partition coefficient (Wildman–Crippen LogP) is 2.08. The molecule has 0 bridgehead atoms. The van der Waals surface area contributed by atoms with Crippen molar-refractivity contribution < 1.29 is 14.3 Å². The molecule has 0 radical (unpaired) electrons. The monoisotopic (exact) mass is 263 g/mol. The van der Waals surface area contributed by atoms with E-state index in [4.69, 9.17) is 4.74 Å². The quantitative estimate of drug-likeness (QED) is 0.780.